The van der Waals surface area contributed by atoms with Gasteiger partial charge in [0, 0.05) is 17.0 Å². The Morgan fingerprint density at radius 1 is 1.29 bits per heavy atom. The Morgan fingerprint density at radius 2 is 2.07 bits per heavy atom. The average molecular weight is 416 g/mol. The van der Waals surface area contributed by atoms with Crippen molar-refractivity contribution in [1.29, 1.82) is 0 Å². The minimum atomic E-state index is -0.525. The SMILES string of the molecule is CC(C)(C)OC(=O)N1CCc2c(sc(NC=O)c2-c2nc3ccccc3s2)C1. The number of nitrogens with one attached hydrogen (secondary N) is 1. The maximum absolute atomic E-state index is 12.5. The van der Waals surface area contributed by atoms with E-state index in [-0.39, 0.29) is 6.09 Å². The van der Waals surface area contributed by atoms with Gasteiger partial charge in [-0.2, -0.15) is 0 Å². The molecule has 0 spiro atoms. The molecule has 3 heterocycles. The van der Waals surface area contributed by atoms with Crippen molar-refractivity contribution in [2.75, 3.05) is 11.9 Å². The van der Waals surface area contributed by atoms with Crippen molar-refractivity contribution in [3.8, 4) is 10.6 Å². The number of aromatic nitrogens is 1. The molecule has 2 aromatic heterocycles. The number of fused-ring (bicyclic) bond motifs is 2. The van der Waals surface area contributed by atoms with Gasteiger partial charge in [0.1, 0.15) is 15.6 Å². The normalized spacial score (nSPS) is 14.0. The highest BCUT2D eigenvalue weighted by Gasteiger charge is 2.30. The molecule has 3 aromatic rings. The van der Waals surface area contributed by atoms with Gasteiger partial charge in [-0.3, -0.25) is 4.79 Å². The van der Waals surface area contributed by atoms with Crippen LogP contribution < -0.4 is 5.32 Å². The second-order valence-corrected chi connectivity index (χ2v) is 9.74. The molecule has 0 radical (unpaired) electrons. The molecule has 1 aromatic carbocycles. The summed E-state index contributed by atoms with van der Waals surface area (Å²) in [5, 5.41) is 4.51. The van der Waals surface area contributed by atoms with Crippen LogP contribution in [0.4, 0.5) is 9.80 Å². The summed E-state index contributed by atoms with van der Waals surface area (Å²) in [6, 6.07) is 8.01. The van der Waals surface area contributed by atoms with E-state index in [2.05, 4.69) is 5.32 Å². The summed E-state index contributed by atoms with van der Waals surface area (Å²) in [6.45, 7) is 6.65. The Morgan fingerprint density at radius 3 is 2.79 bits per heavy atom. The van der Waals surface area contributed by atoms with E-state index in [4.69, 9.17) is 9.72 Å². The number of hydrogen-bond donors (Lipinski definition) is 1. The van der Waals surface area contributed by atoms with Crippen LogP contribution in [0, 0.1) is 0 Å². The van der Waals surface area contributed by atoms with Crippen LogP contribution in [0.3, 0.4) is 0 Å². The predicted octanol–water partition coefficient (Wildman–Crippen LogP) is 4.89. The minimum Gasteiger partial charge on any atom is -0.444 e. The van der Waals surface area contributed by atoms with Crippen molar-refractivity contribution >= 4 is 50.4 Å². The van der Waals surface area contributed by atoms with Gasteiger partial charge in [-0.25, -0.2) is 9.78 Å². The third-order valence-electron chi connectivity index (χ3n) is 4.41. The van der Waals surface area contributed by atoms with Gasteiger partial charge < -0.3 is 15.0 Å². The van der Waals surface area contributed by atoms with E-state index in [0.29, 0.717) is 25.9 Å². The van der Waals surface area contributed by atoms with Crippen LogP contribution in [0.5, 0.6) is 0 Å². The summed E-state index contributed by atoms with van der Waals surface area (Å²) in [4.78, 5) is 31.2. The molecule has 0 bridgehead atoms. The lowest BCUT2D eigenvalue weighted by Gasteiger charge is -2.30. The van der Waals surface area contributed by atoms with Gasteiger partial charge in [-0.1, -0.05) is 12.1 Å². The van der Waals surface area contributed by atoms with E-state index in [0.717, 1.165) is 36.2 Å². The second-order valence-electron chi connectivity index (χ2n) is 7.61. The van der Waals surface area contributed by atoms with E-state index in [1.807, 2.05) is 45.0 Å². The second kappa shape index (κ2) is 7.18. The minimum absolute atomic E-state index is 0.307. The molecule has 4 rings (SSSR count). The number of benzene rings is 1. The van der Waals surface area contributed by atoms with Crippen molar-refractivity contribution in [3.63, 3.8) is 0 Å². The van der Waals surface area contributed by atoms with Gasteiger partial charge in [-0.05, 0) is 44.9 Å². The fourth-order valence-corrected chi connectivity index (χ4v) is 5.58. The molecule has 1 aliphatic heterocycles. The van der Waals surface area contributed by atoms with Gasteiger partial charge in [0.2, 0.25) is 6.41 Å². The third-order valence-corrected chi connectivity index (χ3v) is 6.61. The molecule has 0 fully saturated rings. The highest BCUT2D eigenvalue weighted by molar-refractivity contribution is 7.22. The van der Waals surface area contributed by atoms with E-state index in [1.54, 1.807) is 16.2 Å². The molecule has 6 nitrogen and oxygen atoms in total. The molecule has 0 saturated heterocycles. The van der Waals surface area contributed by atoms with Gasteiger partial charge in [0.05, 0.1) is 16.8 Å². The van der Waals surface area contributed by atoms with Crippen LogP contribution in [0.1, 0.15) is 31.2 Å². The smallest absolute Gasteiger partial charge is 0.410 e. The first-order chi connectivity index (χ1) is 13.4. The zero-order valence-corrected chi connectivity index (χ0v) is 17.6. The van der Waals surface area contributed by atoms with Gasteiger partial charge in [0.25, 0.3) is 0 Å². The van der Waals surface area contributed by atoms with Crippen LogP contribution in [0.15, 0.2) is 24.3 Å². The zero-order valence-electron chi connectivity index (χ0n) is 15.9. The van der Waals surface area contributed by atoms with Crippen molar-refractivity contribution < 1.29 is 14.3 Å². The van der Waals surface area contributed by atoms with Crippen molar-refractivity contribution in [1.82, 2.24) is 9.88 Å². The third kappa shape index (κ3) is 3.62. The predicted molar refractivity (Wildman–Crippen MR) is 113 cm³/mol. The maximum Gasteiger partial charge on any atom is 0.410 e. The van der Waals surface area contributed by atoms with Crippen LogP contribution in [0.2, 0.25) is 0 Å². The maximum atomic E-state index is 12.5. The van der Waals surface area contributed by atoms with E-state index in [9.17, 15) is 9.59 Å². The Bertz CT molecular complexity index is 1020. The number of nitrogens with zero attached hydrogens (tertiary/aromatic N) is 2. The Balaban J connectivity index is 1.70. The number of amides is 2. The van der Waals surface area contributed by atoms with Crippen LogP contribution >= 0.6 is 22.7 Å². The molecule has 1 aliphatic rings. The molecule has 8 heteroatoms. The number of ether oxygens (including phenoxy) is 1. The lowest BCUT2D eigenvalue weighted by atomic mass is 10.0. The lowest BCUT2D eigenvalue weighted by molar-refractivity contribution is -0.105. The number of thiazole rings is 1. The summed E-state index contributed by atoms with van der Waals surface area (Å²) < 4.78 is 6.62. The van der Waals surface area contributed by atoms with E-state index in [1.165, 1.54) is 11.3 Å². The number of carbonyl (C=O) groups excluding carboxylic acids is 2. The van der Waals surface area contributed by atoms with Gasteiger partial charge in [-0.15, -0.1) is 22.7 Å². The molecule has 0 unspecified atom stereocenters. The van der Waals surface area contributed by atoms with E-state index >= 15 is 0 Å². The first-order valence-electron chi connectivity index (χ1n) is 9.04. The Kier molecular flexibility index (Phi) is 4.84. The first kappa shape index (κ1) is 18.9. The number of thiophene rings is 1. The lowest BCUT2D eigenvalue weighted by Crippen LogP contribution is -2.39. The number of hydrogen-bond acceptors (Lipinski definition) is 6. The number of carbonyl (C=O) groups is 2. The van der Waals surface area contributed by atoms with Crippen LogP contribution in [-0.4, -0.2) is 34.5 Å². The highest BCUT2D eigenvalue weighted by Crippen LogP contribution is 2.45. The summed E-state index contributed by atoms with van der Waals surface area (Å²) in [7, 11) is 0. The summed E-state index contributed by atoms with van der Waals surface area (Å²) in [5.41, 5.74) is 2.57. The van der Waals surface area contributed by atoms with Gasteiger partial charge >= 0.3 is 6.09 Å². The molecule has 146 valence electrons. The number of rotatable bonds is 3. The van der Waals surface area contributed by atoms with Crippen molar-refractivity contribution in [3.05, 3.63) is 34.7 Å². The molecule has 0 saturated carbocycles. The number of para-hydroxylation sites is 1. The molecule has 0 aliphatic carbocycles. The molecular formula is C20H21N3O3S2. The molecule has 2 amide bonds. The quantitative estimate of drug-likeness (QED) is 0.619. The zero-order chi connectivity index (χ0) is 19.9. The molecule has 1 N–H and O–H groups in total. The Labute approximate surface area is 171 Å². The summed E-state index contributed by atoms with van der Waals surface area (Å²) in [5.74, 6) is 0. The Hall–Kier alpha value is -2.45. The summed E-state index contributed by atoms with van der Waals surface area (Å²) >= 11 is 3.12. The fourth-order valence-electron chi connectivity index (χ4n) is 3.25. The van der Waals surface area contributed by atoms with Crippen LogP contribution in [-0.2, 0) is 22.5 Å². The first-order valence-corrected chi connectivity index (χ1v) is 10.7. The van der Waals surface area contributed by atoms with Crippen LogP contribution in [0.25, 0.3) is 20.8 Å². The van der Waals surface area contributed by atoms with Crippen molar-refractivity contribution in [2.24, 2.45) is 0 Å². The average Bonchev–Trinajstić information content (AvgIpc) is 3.20. The largest absolute Gasteiger partial charge is 0.444 e. The monoisotopic (exact) mass is 415 g/mol. The van der Waals surface area contributed by atoms with Crippen molar-refractivity contribution in [2.45, 2.75) is 39.3 Å². The number of anilines is 1. The molecule has 28 heavy (non-hydrogen) atoms. The topological polar surface area (TPSA) is 71.5 Å². The highest BCUT2D eigenvalue weighted by atomic mass is 32.1. The standard InChI is InChI=1S/C20H21N3O3S2/c1-20(2,3)26-19(25)23-9-8-12-15(10-23)28-17(21-11-24)16(12)18-22-13-6-4-5-7-14(13)27-18/h4-7,11H,8-10H2,1-3H3,(H,21,24). The van der Waals surface area contributed by atoms with Gasteiger partial charge in [0.15, 0.2) is 0 Å². The molecule has 0 atom stereocenters. The summed E-state index contributed by atoms with van der Waals surface area (Å²) in [6.07, 6.45) is 1.09. The molecular weight excluding hydrogens is 394 g/mol. The van der Waals surface area contributed by atoms with E-state index < -0.39 is 5.60 Å². The fraction of sp³-hybridized carbons (Fsp3) is 0.350.